The molecule has 106 valence electrons. The summed E-state index contributed by atoms with van der Waals surface area (Å²) in [6, 6.07) is 0.439. The van der Waals surface area contributed by atoms with E-state index in [1.807, 2.05) is 17.9 Å². The van der Waals surface area contributed by atoms with Crippen LogP contribution < -0.4 is 10.6 Å². The van der Waals surface area contributed by atoms with Crippen molar-refractivity contribution in [3.8, 4) is 0 Å². The van der Waals surface area contributed by atoms with Crippen molar-refractivity contribution < 1.29 is 4.79 Å². The van der Waals surface area contributed by atoms with Gasteiger partial charge in [0.25, 0.3) is 0 Å². The van der Waals surface area contributed by atoms with Gasteiger partial charge in [-0.25, -0.2) is 0 Å². The van der Waals surface area contributed by atoms with Crippen molar-refractivity contribution in [2.45, 2.75) is 45.7 Å². The Balaban J connectivity index is 1.89. The second-order valence-corrected chi connectivity index (χ2v) is 5.42. The van der Waals surface area contributed by atoms with E-state index in [0.717, 1.165) is 37.1 Å². The fraction of sp³-hybridized carbons (Fsp3) is 0.714. The van der Waals surface area contributed by atoms with Crippen molar-refractivity contribution in [1.82, 2.24) is 20.4 Å². The zero-order chi connectivity index (χ0) is 13.8. The molecular formula is C14H24N4O. The van der Waals surface area contributed by atoms with Gasteiger partial charge in [0.2, 0.25) is 5.91 Å². The van der Waals surface area contributed by atoms with Crippen LogP contribution in [0.2, 0.25) is 0 Å². The van der Waals surface area contributed by atoms with Crippen LogP contribution in [0, 0.1) is 5.92 Å². The Labute approximate surface area is 114 Å². The van der Waals surface area contributed by atoms with Gasteiger partial charge >= 0.3 is 0 Å². The first-order valence-electron chi connectivity index (χ1n) is 7.12. The van der Waals surface area contributed by atoms with E-state index in [2.05, 4.69) is 29.6 Å². The summed E-state index contributed by atoms with van der Waals surface area (Å²) in [4.78, 5) is 12.2. The van der Waals surface area contributed by atoms with E-state index in [0.29, 0.717) is 12.6 Å². The minimum atomic E-state index is 0.151. The Morgan fingerprint density at radius 3 is 3.11 bits per heavy atom. The number of hydrogen-bond donors (Lipinski definition) is 2. The monoisotopic (exact) mass is 264 g/mol. The van der Waals surface area contributed by atoms with E-state index in [-0.39, 0.29) is 11.8 Å². The molecule has 0 aromatic carbocycles. The van der Waals surface area contributed by atoms with E-state index in [1.165, 1.54) is 0 Å². The quantitative estimate of drug-likeness (QED) is 0.852. The smallest absolute Gasteiger partial charge is 0.223 e. The van der Waals surface area contributed by atoms with Crippen LogP contribution in [-0.2, 0) is 24.8 Å². The Morgan fingerprint density at radius 1 is 1.63 bits per heavy atom. The van der Waals surface area contributed by atoms with Crippen molar-refractivity contribution in [2.24, 2.45) is 13.0 Å². The van der Waals surface area contributed by atoms with Gasteiger partial charge in [-0.2, -0.15) is 5.10 Å². The number of nitrogens with zero attached hydrogens (tertiary/aromatic N) is 2. The highest BCUT2D eigenvalue weighted by atomic mass is 16.1. The molecule has 2 N–H and O–H groups in total. The zero-order valence-corrected chi connectivity index (χ0v) is 12.1. The van der Waals surface area contributed by atoms with Gasteiger partial charge in [0.05, 0.1) is 5.69 Å². The molecule has 1 aliphatic heterocycles. The normalized spacial score (nSPS) is 23.3. The van der Waals surface area contributed by atoms with Gasteiger partial charge in [0, 0.05) is 37.3 Å². The van der Waals surface area contributed by atoms with E-state index in [9.17, 15) is 4.79 Å². The van der Waals surface area contributed by atoms with E-state index < -0.39 is 0 Å². The molecule has 5 heteroatoms. The van der Waals surface area contributed by atoms with Crippen molar-refractivity contribution in [3.63, 3.8) is 0 Å². The summed E-state index contributed by atoms with van der Waals surface area (Å²) in [5, 5.41) is 10.8. The average molecular weight is 264 g/mol. The number of aromatic nitrogens is 2. The van der Waals surface area contributed by atoms with Gasteiger partial charge in [-0.1, -0.05) is 6.92 Å². The van der Waals surface area contributed by atoms with E-state index >= 15 is 0 Å². The first-order chi connectivity index (χ1) is 9.10. The zero-order valence-electron chi connectivity index (χ0n) is 12.1. The number of rotatable bonds is 4. The van der Waals surface area contributed by atoms with Gasteiger partial charge in [-0.15, -0.1) is 0 Å². The highest BCUT2D eigenvalue weighted by Crippen LogP contribution is 2.16. The van der Waals surface area contributed by atoms with Gasteiger partial charge in [0.1, 0.15) is 0 Å². The summed E-state index contributed by atoms with van der Waals surface area (Å²) in [7, 11) is 1.92. The maximum Gasteiger partial charge on any atom is 0.223 e. The van der Waals surface area contributed by atoms with Crippen LogP contribution in [-0.4, -0.2) is 28.3 Å². The molecule has 0 radical (unpaired) electrons. The van der Waals surface area contributed by atoms with Crippen LogP contribution in [0.25, 0.3) is 0 Å². The molecule has 1 saturated heterocycles. The van der Waals surface area contributed by atoms with Crippen LogP contribution in [0.3, 0.4) is 0 Å². The third kappa shape index (κ3) is 3.56. The average Bonchev–Trinajstić information content (AvgIpc) is 2.76. The molecule has 0 bridgehead atoms. The fourth-order valence-corrected chi connectivity index (χ4v) is 2.73. The van der Waals surface area contributed by atoms with Crippen molar-refractivity contribution in [1.29, 1.82) is 0 Å². The third-order valence-corrected chi connectivity index (χ3v) is 3.77. The summed E-state index contributed by atoms with van der Waals surface area (Å²) in [5.74, 6) is 0.331. The number of amides is 1. The van der Waals surface area contributed by atoms with Gasteiger partial charge in [0.15, 0.2) is 0 Å². The molecule has 2 rings (SSSR count). The summed E-state index contributed by atoms with van der Waals surface area (Å²) in [6.07, 6.45) is 4.75. The van der Waals surface area contributed by atoms with Crippen LogP contribution >= 0.6 is 0 Å². The molecule has 0 spiro atoms. The molecule has 1 fully saturated rings. The minimum absolute atomic E-state index is 0.151. The molecular weight excluding hydrogens is 240 g/mol. The third-order valence-electron chi connectivity index (χ3n) is 3.77. The maximum absolute atomic E-state index is 12.2. The van der Waals surface area contributed by atoms with Crippen LogP contribution in [0.4, 0.5) is 0 Å². The Hall–Kier alpha value is -1.36. The van der Waals surface area contributed by atoms with Crippen molar-refractivity contribution in [2.75, 3.05) is 6.54 Å². The topological polar surface area (TPSA) is 59.0 Å². The minimum Gasteiger partial charge on any atom is -0.352 e. The molecule has 2 unspecified atom stereocenters. The number of nitrogens with one attached hydrogen (secondary N) is 2. The van der Waals surface area contributed by atoms with E-state index in [4.69, 9.17) is 0 Å². The molecule has 5 nitrogen and oxygen atoms in total. The lowest BCUT2D eigenvalue weighted by Gasteiger charge is -2.27. The Morgan fingerprint density at radius 2 is 2.42 bits per heavy atom. The number of aryl methyl sites for hydroxylation is 2. The number of carbonyl (C=O) groups excluding carboxylic acids is 1. The largest absolute Gasteiger partial charge is 0.352 e. The maximum atomic E-state index is 12.2. The van der Waals surface area contributed by atoms with Gasteiger partial charge in [-0.3, -0.25) is 9.48 Å². The molecule has 0 aliphatic carbocycles. The highest BCUT2D eigenvalue weighted by molar-refractivity contribution is 5.78. The predicted molar refractivity (Wildman–Crippen MR) is 74.6 cm³/mol. The first-order valence-corrected chi connectivity index (χ1v) is 7.12. The van der Waals surface area contributed by atoms with Crippen LogP contribution in [0.5, 0.6) is 0 Å². The fourth-order valence-electron chi connectivity index (χ4n) is 2.73. The number of hydrogen-bond acceptors (Lipinski definition) is 3. The van der Waals surface area contributed by atoms with E-state index in [1.54, 1.807) is 0 Å². The molecule has 0 saturated carbocycles. The molecule has 1 aromatic rings. The Bertz CT molecular complexity index is 441. The lowest BCUT2D eigenvalue weighted by Crippen LogP contribution is -2.42. The standard InChI is InChI=1S/C14H24N4O/c1-4-13-12(9-18(3)17-13)8-16-14(19)11-5-6-15-10(2)7-11/h9-11,15H,4-8H2,1-3H3,(H,16,19). The molecule has 2 atom stereocenters. The molecule has 2 heterocycles. The Kier molecular flexibility index (Phi) is 4.58. The molecule has 1 amide bonds. The van der Waals surface area contributed by atoms with Gasteiger partial charge < -0.3 is 10.6 Å². The lowest BCUT2D eigenvalue weighted by molar-refractivity contribution is -0.126. The first kappa shape index (κ1) is 14.1. The highest BCUT2D eigenvalue weighted by Gasteiger charge is 2.24. The van der Waals surface area contributed by atoms with Crippen LogP contribution in [0.1, 0.15) is 37.9 Å². The lowest BCUT2D eigenvalue weighted by atomic mass is 9.92. The summed E-state index contributed by atoms with van der Waals surface area (Å²) < 4.78 is 1.81. The molecule has 1 aromatic heterocycles. The molecule has 1 aliphatic rings. The van der Waals surface area contributed by atoms with Gasteiger partial charge in [-0.05, 0) is 32.7 Å². The summed E-state index contributed by atoms with van der Waals surface area (Å²) >= 11 is 0. The molecule has 19 heavy (non-hydrogen) atoms. The van der Waals surface area contributed by atoms with Crippen molar-refractivity contribution in [3.05, 3.63) is 17.5 Å². The second-order valence-electron chi connectivity index (χ2n) is 5.42. The van der Waals surface area contributed by atoms with Crippen molar-refractivity contribution >= 4 is 5.91 Å². The predicted octanol–water partition coefficient (Wildman–Crippen LogP) is 0.987. The SMILES string of the molecule is CCc1nn(C)cc1CNC(=O)C1CCNC(C)C1. The summed E-state index contributed by atoms with van der Waals surface area (Å²) in [6.45, 7) is 5.75. The number of carbonyl (C=O) groups is 1. The second kappa shape index (κ2) is 6.19. The summed E-state index contributed by atoms with van der Waals surface area (Å²) in [5.41, 5.74) is 2.20. The number of piperidine rings is 1. The van der Waals surface area contributed by atoms with Crippen LogP contribution in [0.15, 0.2) is 6.20 Å².